The monoisotopic (exact) mass is 412 g/mol. The summed E-state index contributed by atoms with van der Waals surface area (Å²) in [5.74, 6) is 0.167. The lowest BCUT2D eigenvalue weighted by Gasteiger charge is -2.43. The van der Waals surface area contributed by atoms with Gasteiger partial charge in [0.1, 0.15) is 18.0 Å². The summed E-state index contributed by atoms with van der Waals surface area (Å²) in [4.78, 5) is 0. The van der Waals surface area contributed by atoms with Crippen LogP contribution in [0.15, 0.2) is 54.1 Å². The minimum absolute atomic E-state index is 0.0701. The van der Waals surface area contributed by atoms with E-state index in [1.807, 2.05) is 13.0 Å². The summed E-state index contributed by atoms with van der Waals surface area (Å²) in [6, 6.07) is 14.6. The molecule has 4 atom stereocenters. The first kappa shape index (κ1) is 22.8. The Morgan fingerprint density at radius 2 is 1.97 bits per heavy atom. The van der Waals surface area contributed by atoms with Crippen molar-refractivity contribution in [2.45, 2.75) is 77.0 Å². The zero-order valence-electron chi connectivity index (χ0n) is 19.0. The standard InChI is InChI=1S/C26H36O4/c1-6-7-10-19(2)15-24(25-17-23(27-4)18-26(3,28-5)30-25)29-22-14-13-20-11-8-9-12-21(20)16-22/h8-9,11-16,23-25H,6-7,10,17-18H2,1-5H3/b19-15+/t23-,24+,25+,26+/m1/s1. The summed E-state index contributed by atoms with van der Waals surface area (Å²) in [6.07, 6.45) is 6.82. The van der Waals surface area contributed by atoms with Gasteiger partial charge in [0.15, 0.2) is 5.79 Å². The molecule has 4 heteroatoms. The SMILES string of the molecule is CCCC/C(C)=C/[C@H](Oc1ccc2ccccc2c1)[C@@H]1C[C@@H](OC)C[C@@](C)(OC)O1. The average molecular weight is 413 g/mol. The Morgan fingerprint density at radius 1 is 1.20 bits per heavy atom. The number of rotatable bonds is 9. The zero-order valence-corrected chi connectivity index (χ0v) is 19.0. The molecule has 0 aliphatic carbocycles. The molecule has 4 nitrogen and oxygen atoms in total. The molecule has 2 aromatic rings. The van der Waals surface area contributed by atoms with Gasteiger partial charge in [-0.1, -0.05) is 49.2 Å². The van der Waals surface area contributed by atoms with Gasteiger partial charge in [0.2, 0.25) is 0 Å². The molecule has 1 saturated heterocycles. The van der Waals surface area contributed by atoms with Gasteiger partial charge in [0.05, 0.1) is 6.10 Å². The smallest absolute Gasteiger partial charge is 0.168 e. The van der Waals surface area contributed by atoms with E-state index in [9.17, 15) is 0 Å². The van der Waals surface area contributed by atoms with Gasteiger partial charge in [-0.15, -0.1) is 0 Å². The first-order valence-electron chi connectivity index (χ1n) is 11.0. The number of ether oxygens (including phenoxy) is 4. The van der Waals surface area contributed by atoms with Crippen LogP contribution in [0.25, 0.3) is 10.8 Å². The fraction of sp³-hybridized carbons (Fsp3) is 0.538. The van der Waals surface area contributed by atoms with E-state index in [4.69, 9.17) is 18.9 Å². The van der Waals surface area contributed by atoms with Crippen molar-refractivity contribution < 1.29 is 18.9 Å². The predicted molar refractivity (Wildman–Crippen MR) is 122 cm³/mol. The van der Waals surface area contributed by atoms with Gasteiger partial charge in [-0.05, 0) is 55.7 Å². The molecule has 1 aliphatic rings. The number of hydrogen-bond donors (Lipinski definition) is 0. The highest BCUT2D eigenvalue weighted by Gasteiger charge is 2.42. The van der Waals surface area contributed by atoms with Crippen molar-refractivity contribution in [2.75, 3.05) is 14.2 Å². The van der Waals surface area contributed by atoms with E-state index in [0.717, 1.165) is 18.6 Å². The van der Waals surface area contributed by atoms with Crippen LogP contribution in [0.2, 0.25) is 0 Å². The lowest BCUT2D eigenvalue weighted by atomic mass is 9.94. The van der Waals surface area contributed by atoms with Crippen LogP contribution in [0.4, 0.5) is 0 Å². The van der Waals surface area contributed by atoms with E-state index in [0.29, 0.717) is 6.42 Å². The predicted octanol–water partition coefficient (Wildman–Crippen LogP) is 6.28. The van der Waals surface area contributed by atoms with E-state index in [2.05, 4.69) is 56.3 Å². The van der Waals surface area contributed by atoms with E-state index < -0.39 is 5.79 Å². The van der Waals surface area contributed by atoms with Gasteiger partial charge in [0, 0.05) is 27.1 Å². The van der Waals surface area contributed by atoms with Crippen molar-refractivity contribution in [2.24, 2.45) is 0 Å². The fourth-order valence-electron chi connectivity index (χ4n) is 4.12. The molecule has 1 aliphatic heterocycles. The maximum absolute atomic E-state index is 6.53. The van der Waals surface area contributed by atoms with Crippen molar-refractivity contribution in [1.82, 2.24) is 0 Å². The maximum atomic E-state index is 6.53. The van der Waals surface area contributed by atoms with Crippen molar-refractivity contribution in [1.29, 1.82) is 0 Å². The Balaban J connectivity index is 1.88. The summed E-state index contributed by atoms with van der Waals surface area (Å²) in [7, 11) is 3.45. The molecule has 2 aromatic carbocycles. The van der Waals surface area contributed by atoms with Crippen LogP contribution in [0, 0.1) is 0 Å². The van der Waals surface area contributed by atoms with Crippen LogP contribution in [0.1, 0.15) is 52.9 Å². The molecule has 3 rings (SSSR count). The highest BCUT2D eigenvalue weighted by molar-refractivity contribution is 5.83. The molecule has 0 saturated carbocycles. The quantitative estimate of drug-likeness (QED) is 0.454. The lowest BCUT2D eigenvalue weighted by molar-refractivity contribution is -0.286. The molecule has 0 spiro atoms. The minimum Gasteiger partial charge on any atom is -0.484 e. The minimum atomic E-state index is -0.681. The Labute approximate surface area is 181 Å². The number of hydrogen-bond acceptors (Lipinski definition) is 4. The molecule has 1 fully saturated rings. The molecule has 30 heavy (non-hydrogen) atoms. The van der Waals surface area contributed by atoms with Crippen LogP contribution in [-0.2, 0) is 14.2 Å². The maximum Gasteiger partial charge on any atom is 0.168 e. The summed E-state index contributed by atoms with van der Waals surface area (Å²) in [5, 5.41) is 2.37. The van der Waals surface area contributed by atoms with Gasteiger partial charge in [-0.3, -0.25) is 0 Å². The number of fused-ring (bicyclic) bond motifs is 1. The first-order chi connectivity index (χ1) is 14.5. The topological polar surface area (TPSA) is 36.9 Å². The van der Waals surface area contributed by atoms with Crippen LogP contribution in [0.3, 0.4) is 0 Å². The second-order valence-electron chi connectivity index (χ2n) is 8.50. The van der Waals surface area contributed by atoms with Gasteiger partial charge >= 0.3 is 0 Å². The third kappa shape index (κ3) is 5.84. The van der Waals surface area contributed by atoms with Crippen molar-refractivity contribution in [3.8, 4) is 5.75 Å². The van der Waals surface area contributed by atoms with E-state index in [1.54, 1.807) is 14.2 Å². The van der Waals surface area contributed by atoms with E-state index in [1.165, 1.54) is 29.2 Å². The third-order valence-corrected chi connectivity index (χ3v) is 5.99. The summed E-state index contributed by atoms with van der Waals surface area (Å²) < 4.78 is 24.3. The normalized spacial score (nSPS) is 26.0. The van der Waals surface area contributed by atoms with Crippen LogP contribution in [0.5, 0.6) is 5.75 Å². The van der Waals surface area contributed by atoms with E-state index >= 15 is 0 Å². The van der Waals surface area contributed by atoms with E-state index in [-0.39, 0.29) is 18.3 Å². The van der Waals surface area contributed by atoms with Gasteiger partial charge < -0.3 is 18.9 Å². The van der Waals surface area contributed by atoms with Gasteiger partial charge in [0.25, 0.3) is 0 Å². The Kier molecular flexibility index (Phi) is 7.93. The zero-order chi connectivity index (χ0) is 21.6. The first-order valence-corrected chi connectivity index (χ1v) is 11.0. The second-order valence-corrected chi connectivity index (χ2v) is 8.50. The number of allylic oxidation sites excluding steroid dienone is 1. The number of benzene rings is 2. The molecular formula is C26H36O4. The molecule has 0 aromatic heterocycles. The van der Waals surface area contributed by atoms with Gasteiger partial charge in [-0.25, -0.2) is 0 Å². The highest BCUT2D eigenvalue weighted by Crippen LogP contribution is 2.34. The summed E-state index contributed by atoms with van der Waals surface area (Å²) in [6.45, 7) is 6.37. The molecule has 164 valence electrons. The Bertz CT molecular complexity index is 846. The second kappa shape index (κ2) is 10.4. The van der Waals surface area contributed by atoms with Crippen molar-refractivity contribution in [3.63, 3.8) is 0 Å². The molecule has 1 heterocycles. The summed E-state index contributed by atoms with van der Waals surface area (Å²) in [5.41, 5.74) is 1.32. The van der Waals surface area contributed by atoms with Crippen LogP contribution >= 0.6 is 0 Å². The molecule has 0 amide bonds. The fourth-order valence-corrected chi connectivity index (χ4v) is 4.12. The van der Waals surface area contributed by atoms with Crippen LogP contribution < -0.4 is 4.74 Å². The lowest BCUT2D eigenvalue weighted by Crippen LogP contribution is -2.50. The number of methoxy groups -OCH3 is 2. The number of unbranched alkanes of at least 4 members (excludes halogenated alkanes) is 1. The molecule has 0 radical (unpaired) electrons. The highest BCUT2D eigenvalue weighted by atomic mass is 16.7. The Hall–Kier alpha value is -1.88. The molecule has 0 N–H and O–H groups in total. The summed E-state index contributed by atoms with van der Waals surface area (Å²) >= 11 is 0. The largest absolute Gasteiger partial charge is 0.484 e. The van der Waals surface area contributed by atoms with Crippen molar-refractivity contribution >= 4 is 10.8 Å². The molecule has 0 unspecified atom stereocenters. The third-order valence-electron chi connectivity index (χ3n) is 5.99. The Morgan fingerprint density at radius 3 is 2.67 bits per heavy atom. The van der Waals surface area contributed by atoms with Gasteiger partial charge in [-0.2, -0.15) is 0 Å². The van der Waals surface area contributed by atoms with Crippen LogP contribution in [-0.4, -0.2) is 38.3 Å². The van der Waals surface area contributed by atoms with Crippen molar-refractivity contribution in [3.05, 3.63) is 54.1 Å². The molecule has 0 bridgehead atoms. The molecular weight excluding hydrogens is 376 g/mol. The average Bonchev–Trinajstić information content (AvgIpc) is 2.76.